The van der Waals surface area contributed by atoms with E-state index in [9.17, 15) is 0 Å². The van der Waals surface area contributed by atoms with Crippen LogP contribution in [0.25, 0.3) is 71.7 Å². The Morgan fingerprint density at radius 2 is 0.875 bits per heavy atom. The number of anilines is 6. The first-order valence-electron chi connectivity index (χ1n) is 30.7. The van der Waals surface area contributed by atoms with E-state index in [1.54, 1.807) is 0 Å². The zero-order chi connectivity index (χ0) is 61.4. The first-order valence-corrected chi connectivity index (χ1v) is 31.1. The van der Waals surface area contributed by atoms with Crippen LogP contribution >= 0.6 is 11.6 Å². The van der Waals surface area contributed by atoms with Crippen molar-refractivity contribution in [2.75, 3.05) is 9.80 Å². The van der Waals surface area contributed by atoms with Crippen molar-refractivity contribution in [3.63, 3.8) is 0 Å². The zero-order valence-corrected chi connectivity index (χ0v) is 53.4. The molecule has 13 aromatic rings. The van der Waals surface area contributed by atoms with Crippen molar-refractivity contribution >= 4 is 89.5 Å². The smallest absolute Gasteiger partial charge is 0.159 e. The van der Waals surface area contributed by atoms with Gasteiger partial charge in [-0.1, -0.05) is 228 Å². The Balaban J connectivity index is 1.04. The van der Waals surface area contributed by atoms with Crippen LogP contribution in [-0.4, -0.2) is 4.57 Å². The highest BCUT2D eigenvalue weighted by molar-refractivity contribution is 6.31. The van der Waals surface area contributed by atoms with E-state index in [0.29, 0.717) is 5.02 Å². The zero-order valence-electron chi connectivity index (χ0n) is 52.6. The molecule has 0 atom stereocenters. The van der Waals surface area contributed by atoms with Gasteiger partial charge >= 0.3 is 0 Å². The van der Waals surface area contributed by atoms with Crippen LogP contribution in [0.1, 0.15) is 105 Å². The first-order chi connectivity index (χ1) is 42.0. The number of fused-ring (bicyclic) bond motifs is 6. The maximum absolute atomic E-state index is 7.32. The van der Waals surface area contributed by atoms with Gasteiger partial charge in [-0.15, -0.1) is 0 Å². The summed E-state index contributed by atoms with van der Waals surface area (Å²) in [5.41, 5.74) is 19.3. The second-order valence-electron chi connectivity index (χ2n) is 27.7. The Morgan fingerprint density at radius 3 is 1.48 bits per heavy atom. The maximum Gasteiger partial charge on any atom is 0.159 e. The van der Waals surface area contributed by atoms with Gasteiger partial charge in [0, 0.05) is 72.6 Å². The molecule has 0 spiro atoms. The van der Waals surface area contributed by atoms with Gasteiger partial charge in [0.25, 0.3) is 0 Å². The second kappa shape index (κ2) is 22.1. The number of benzene rings is 11. The van der Waals surface area contributed by atoms with E-state index in [-0.39, 0.29) is 21.7 Å². The van der Waals surface area contributed by atoms with Crippen LogP contribution in [0.4, 0.5) is 34.1 Å². The first kappa shape index (κ1) is 57.8. The molecule has 0 bridgehead atoms. The summed E-state index contributed by atoms with van der Waals surface area (Å²) >= 11 is 7.22. The molecule has 0 N–H and O–H groups in total. The fourth-order valence-electron chi connectivity index (χ4n) is 12.4. The molecule has 0 aliphatic carbocycles. The molecule has 0 saturated carbocycles. The quantitative estimate of drug-likeness (QED) is 0.129. The summed E-state index contributed by atoms with van der Waals surface area (Å²) in [6.07, 6.45) is 0. The average Bonchev–Trinajstić information content (AvgIpc) is 1.65. The SMILES string of the molecule is CC(C)(C)c1cc(Oc2cccc(-n3c4ccc(C(C)(C)C)cc4c4cc(C(C)(C)C)ccc43)c2)cc(N(c2cccc(N(c3cc(Cl)cc(C(C)(C)C)c3)c3cccc4c3oc3ccccc34)c2)c2c(-c3ccccc3)cccc2-c2ccccc2)c1. The fraction of sp³-hybridized carbons (Fsp3) is 0.195. The number of hydrogen-bond acceptors (Lipinski definition) is 4. The summed E-state index contributed by atoms with van der Waals surface area (Å²) in [7, 11) is 0. The Bertz CT molecular complexity index is 4640. The van der Waals surface area contributed by atoms with Crippen LogP contribution in [0, 0.1) is 0 Å². The van der Waals surface area contributed by atoms with Gasteiger partial charge in [0.1, 0.15) is 17.1 Å². The van der Waals surface area contributed by atoms with Crippen molar-refractivity contribution in [1.29, 1.82) is 0 Å². The number of rotatable bonds is 11. The lowest BCUT2D eigenvalue weighted by Crippen LogP contribution is -2.17. The molecule has 11 aromatic carbocycles. The molecule has 0 unspecified atom stereocenters. The fourth-order valence-corrected chi connectivity index (χ4v) is 12.6. The van der Waals surface area contributed by atoms with Gasteiger partial charge < -0.3 is 23.5 Å². The largest absolute Gasteiger partial charge is 0.457 e. The number of para-hydroxylation sites is 3. The van der Waals surface area contributed by atoms with E-state index in [4.69, 9.17) is 20.8 Å². The Labute approximate surface area is 524 Å². The van der Waals surface area contributed by atoms with Crippen molar-refractivity contribution in [2.24, 2.45) is 0 Å². The molecular weight excluding hydrogens is 1090 g/mol. The lowest BCUT2D eigenvalue weighted by Gasteiger charge is -2.33. The monoisotopic (exact) mass is 1170 g/mol. The Morgan fingerprint density at radius 1 is 0.364 bits per heavy atom. The van der Waals surface area contributed by atoms with Crippen molar-refractivity contribution in [1.82, 2.24) is 4.57 Å². The highest BCUT2D eigenvalue weighted by Gasteiger charge is 2.29. The molecule has 13 rings (SSSR count). The van der Waals surface area contributed by atoms with Crippen LogP contribution in [0.15, 0.2) is 247 Å². The van der Waals surface area contributed by atoms with E-state index < -0.39 is 0 Å². The van der Waals surface area contributed by atoms with Crippen LogP contribution in [0.2, 0.25) is 5.02 Å². The lowest BCUT2D eigenvalue weighted by molar-refractivity contribution is 0.478. The minimum absolute atomic E-state index is 0.0111. The van der Waals surface area contributed by atoms with Crippen LogP contribution in [-0.2, 0) is 21.7 Å². The number of aromatic nitrogens is 1. The van der Waals surface area contributed by atoms with E-state index in [0.717, 1.165) is 118 Å². The van der Waals surface area contributed by atoms with E-state index in [1.807, 2.05) is 12.1 Å². The van der Waals surface area contributed by atoms with Gasteiger partial charge in [-0.05, 0) is 152 Å². The molecule has 0 fully saturated rings. The van der Waals surface area contributed by atoms with Gasteiger partial charge in [0.05, 0.1) is 28.1 Å². The number of furan rings is 1. The molecule has 6 heteroatoms. The normalized spacial score (nSPS) is 12.4. The minimum Gasteiger partial charge on any atom is -0.457 e. The molecule has 2 aromatic heterocycles. The highest BCUT2D eigenvalue weighted by Crippen LogP contribution is 2.51. The summed E-state index contributed by atoms with van der Waals surface area (Å²) in [4.78, 5) is 4.76. The minimum atomic E-state index is -0.287. The summed E-state index contributed by atoms with van der Waals surface area (Å²) in [5.74, 6) is 1.45. The molecular formula is C82H76ClN3O2. The Kier molecular flexibility index (Phi) is 14.5. The maximum atomic E-state index is 7.32. The van der Waals surface area contributed by atoms with E-state index in [2.05, 4.69) is 328 Å². The van der Waals surface area contributed by atoms with Crippen LogP contribution in [0.5, 0.6) is 11.5 Å². The Hall–Kier alpha value is -9.29. The third kappa shape index (κ3) is 11.0. The average molecular weight is 1170 g/mol. The number of halogens is 1. The van der Waals surface area contributed by atoms with Crippen molar-refractivity contribution in [3.8, 4) is 39.4 Å². The molecule has 2 heterocycles. The molecule has 0 aliphatic heterocycles. The second-order valence-corrected chi connectivity index (χ2v) is 28.1. The summed E-state index contributed by atoms with van der Waals surface area (Å²) in [5, 5.41) is 5.24. The van der Waals surface area contributed by atoms with Gasteiger partial charge in [0.15, 0.2) is 5.58 Å². The van der Waals surface area contributed by atoms with Gasteiger partial charge in [-0.25, -0.2) is 0 Å². The molecule has 438 valence electrons. The molecule has 0 saturated heterocycles. The van der Waals surface area contributed by atoms with Crippen molar-refractivity contribution in [2.45, 2.75) is 105 Å². The summed E-state index contributed by atoms with van der Waals surface area (Å²) in [6.45, 7) is 27.3. The number of hydrogen-bond donors (Lipinski definition) is 0. The van der Waals surface area contributed by atoms with Crippen LogP contribution < -0.4 is 14.5 Å². The molecule has 0 aliphatic rings. The van der Waals surface area contributed by atoms with Crippen molar-refractivity contribution in [3.05, 3.63) is 270 Å². The summed E-state index contributed by atoms with van der Waals surface area (Å²) < 4.78 is 16.6. The molecule has 0 amide bonds. The van der Waals surface area contributed by atoms with Crippen LogP contribution in [0.3, 0.4) is 0 Å². The molecule has 5 nitrogen and oxygen atoms in total. The lowest BCUT2D eigenvalue weighted by atomic mass is 9.85. The summed E-state index contributed by atoms with van der Waals surface area (Å²) in [6, 6.07) is 87.6. The van der Waals surface area contributed by atoms with Crippen molar-refractivity contribution < 1.29 is 9.15 Å². The third-order valence-electron chi connectivity index (χ3n) is 17.2. The topological polar surface area (TPSA) is 33.8 Å². The van der Waals surface area contributed by atoms with Gasteiger partial charge in [0.2, 0.25) is 0 Å². The molecule has 88 heavy (non-hydrogen) atoms. The van der Waals surface area contributed by atoms with E-state index >= 15 is 0 Å². The third-order valence-corrected chi connectivity index (χ3v) is 17.4. The van der Waals surface area contributed by atoms with E-state index in [1.165, 1.54) is 21.9 Å². The highest BCUT2D eigenvalue weighted by atomic mass is 35.5. The standard InChI is InChI=1S/C82H76ClN3O2/c1-79(2,3)55-39-41-73-71(47-55)72-48-56(80(4,5)6)40-42-74(72)86(73)62-31-22-32-65(51-62)87-66-46-58(82(10,11)12)45-64(52-66)85(77-67(53-25-15-13-16-26-53)34-23-35-68(77)54-27-17-14-18-28-54)61-30-21-29-60(50-61)84(63-44-57(81(7,8)9)43-59(83)49-63)75-37-24-36-70-69-33-19-20-38-76(69)88-78(70)75/h13-52H,1-12H3. The predicted octanol–water partition coefficient (Wildman–Crippen LogP) is 24.6. The number of nitrogens with zero attached hydrogens (tertiary/aromatic N) is 3. The van der Waals surface area contributed by atoms with Gasteiger partial charge in [-0.2, -0.15) is 0 Å². The predicted molar refractivity (Wildman–Crippen MR) is 375 cm³/mol. The van der Waals surface area contributed by atoms with Gasteiger partial charge in [-0.3, -0.25) is 0 Å². The number of ether oxygens (including phenoxy) is 1. The molecule has 0 radical (unpaired) electrons.